The molecule has 0 spiro atoms. The Morgan fingerprint density at radius 3 is 2.77 bits per heavy atom. The molecule has 8 heteroatoms. The van der Waals surface area contributed by atoms with Gasteiger partial charge in [-0.3, -0.25) is 4.79 Å². The van der Waals surface area contributed by atoms with Crippen molar-refractivity contribution in [3.63, 3.8) is 0 Å². The number of nitrogens with zero attached hydrogens (tertiary/aromatic N) is 6. The second-order valence-corrected chi connectivity index (χ2v) is 6.74. The molecule has 136 valence electrons. The Kier molecular flexibility index (Phi) is 4.32. The number of rotatable bonds is 4. The molecule has 0 aliphatic carbocycles. The van der Waals surface area contributed by atoms with Crippen LogP contribution in [-0.4, -0.2) is 45.8 Å². The van der Waals surface area contributed by atoms with Gasteiger partial charge in [0.15, 0.2) is 0 Å². The molecule has 1 fully saturated rings. The molecule has 2 aromatic heterocycles. The Hall–Kier alpha value is -2.90. The van der Waals surface area contributed by atoms with E-state index in [0.29, 0.717) is 18.7 Å². The van der Waals surface area contributed by atoms with Crippen LogP contribution >= 0.6 is 0 Å². The summed E-state index contributed by atoms with van der Waals surface area (Å²) in [6.45, 7) is 4.97. The summed E-state index contributed by atoms with van der Waals surface area (Å²) < 4.78 is 1.73. The molecular formula is C18H23N7O. The zero-order chi connectivity index (χ0) is 18.1. The highest BCUT2D eigenvalue weighted by Gasteiger charge is 2.25. The largest absolute Gasteiger partial charge is 0.357 e. The Labute approximate surface area is 152 Å². The minimum absolute atomic E-state index is 0.0841. The summed E-state index contributed by atoms with van der Waals surface area (Å²) in [6.07, 6.45) is 5.82. The quantitative estimate of drug-likeness (QED) is 0.893. The molecule has 4 rings (SSSR count). The van der Waals surface area contributed by atoms with Crippen molar-refractivity contribution >= 4 is 17.7 Å². The molecule has 0 radical (unpaired) electrons. The monoisotopic (exact) mass is 353 g/mol. The normalized spacial score (nSPS) is 16.8. The predicted octanol–water partition coefficient (Wildman–Crippen LogP) is 1.31. The van der Waals surface area contributed by atoms with E-state index in [1.807, 2.05) is 37.2 Å². The molecule has 8 nitrogen and oxygen atoms in total. The van der Waals surface area contributed by atoms with Crippen molar-refractivity contribution in [2.45, 2.75) is 32.9 Å². The lowest BCUT2D eigenvalue weighted by molar-refractivity contribution is -0.118. The molecule has 0 unspecified atom stereocenters. The first kappa shape index (κ1) is 16.6. The van der Waals surface area contributed by atoms with E-state index in [0.717, 1.165) is 36.1 Å². The van der Waals surface area contributed by atoms with Gasteiger partial charge in [0.2, 0.25) is 5.95 Å². The van der Waals surface area contributed by atoms with Crippen LogP contribution in [0.1, 0.15) is 25.3 Å². The Morgan fingerprint density at radius 2 is 2.04 bits per heavy atom. The lowest BCUT2D eigenvalue weighted by atomic mass is 10.1. The Bertz CT molecular complexity index is 833. The third-order valence-electron chi connectivity index (χ3n) is 5.11. The van der Waals surface area contributed by atoms with Crippen LogP contribution in [0.5, 0.6) is 0 Å². The van der Waals surface area contributed by atoms with Crippen molar-refractivity contribution in [1.82, 2.24) is 25.1 Å². The highest BCUT2D eigenvalue weighted by atomic mass is 16.1. The number of carbonyl (C=O) groups excluding carboxylic acids is 1. The van der Waals surface area contributed by atoms with E-state index >= 15 is 0 Å². The first-order valence-electron chi connectivity index (χ1n) is 8.93. The van der Waals surface area contributed by atoms with E-state index in [1.54, 1.807) is 4.68 Å². The summed E-state index contributed by atoms with van der Waals surface area (Å²) in [5, 5.41) is 7.17. The highest BCUT2D eigenvalue weighted by molar-refractivity contribution is 5.95. The van der Waals surface area contributed by atoms with E-state index in [4.69, 9.17) is 0 Å². The molecule has 2 aliphatic heterocycles. The van der Waals surface area contributed by atoms with Gasteiger partial charge in [-0.15, -0.1) is 0 Å². The van der Waals surface area contributed by atoms with Gasteiger partial charge >= 0.3 is 0 Å². The van der Waals surface area contributed by atoms with Crippen LogP contribution in [0.25, 0.3) is 0 Å². The minimum atomic E-state index is -0.0841. The van der Waals surface area contributed by atoms with Crippen molar-refractivity contribution in [2.24, 2.45) is 0 Å². The van der Waals surface area contributed by atoms with Crippen LogP contribution in [-0.2, 0) is 17.9 Å². The van der Waals surface area contributed by atoms with Gasteiger partial charge in [0, 0.05) is 38.6 Å². The van der Waals surface area contributed by atoms with Gasteiger partial charge in [-0.05, 0) is 31.4 Å². The third-order valence-corrected chi connectivity index (χ3v) is 5.11. The van der Waals surface area contributed by atoms with Crippen molar-refractivity contribution in [2.75, 3.05) is 29.9 Å². The number of hydrogen-bond donors (Lipinski definition) is 1. The van der Waals surface area contributed by atoms with Gasteiger partial charge in [-0.1, -0.05) is 6.07 Å². The molecule has 4 heterocycles. The number of fused-ring (bicyclic) bond motifs is 1. The van der Waals surface area contributed by atoms with Crippen LogP contribution in [0, 0.1) is 0 Å². The first-order chi connectivity index (χ1) is 12.6. The fraction of sp³-hybridized carbons (Fsp3) is 0.444. The number of nitrogens with one attached hydrogen (secondary N) is 1. The maximum Gasteiger partial charge on any atom is 0.251 e. The molecule has 0 aromatic carbocycles. The number of amides is 1. The average Bonchev–Trinajstić information content (AvgIpc) is 3.35. The molecule has 1 saturated heterocycles. The maximum atomic E-state index is 12.6. The van der Waals surface area contributed by atoms with Gasteiger partial charge in [-0.25, -0.2) is 9.67 Å². The van der Waals surface area contributed by atoms with Crippen molar-refractivity contribution in [3.8, 4) is 0 Å². The molecule has 0 bridgehead atoms. The molecule has 1 N–H and O–H groups in total. The van der Waals surface area contributed by atoms with Gasteiger partial charge in [0.1, 0.15) is 12.1 Å². The molecule has 2 aliphatic rings. The topological polar surface area (TPSA) is 79.2 Å². The van der Waals surface area contributed by atoms with Crippen molar-refractivity contribution in [1.29, 1.82) is 0 Å². The lowest BCUT2D eigenvalue weighted by Gasteiger charge is -2.27. The van der Waals surface area contributed by atoms with Crippen LogP contribution in [0.4, 0.5) is 11.8 Å². The van der Waals surface area contributed by atoms with E-state index in [-0.39, 0.29) is 5.91 Å². The molecule has 26 heavy (non-hydrogen) atoms. The molecule has 2 aromatic rings. The molecule has 0 atom stereocenters. The molecule has 1 amide bonds. The number of allylic oxidation sites excluding steroid dienone is 1. The zero-order valence-corrected chi connectivity index (χ0v) is 15.1. The molecule has 0 saturated carbocycles. The fourth-order valence-electron chi connectivity index (χ4n) is 3.43. The summed E-state index contributed by atoms with van der Waals surface area (Å²) in [6, 6.07) is 4.07. The second-order valence-electron chi connectivity index (χ2n) is 6.74. The Balaban J connectivity index is 1.40. The average molecular weight is 353 g/mol. The SMILES string of the molecule is CC1=C(C(=O)NCc2ccc(N3CCCC3)nc2)Cn2ncnc2N1C. The first-order valence-corrected chi connectivity index (χ1v) is 8.93. The smallest absolute Gasteiger partial charge is 0.251 e. The van der Waals surface area contributed by atoms with Crippen LogP contribution in [0.2, 0.25) is 0 Å². The fourth-order valence-corrected chi connectivity index (χ4v) is 3.43. The third kappa shape index (κ3) is 3.02. The summed E-state index contributed by atoms with van der Waals surface area (Å²) in [4.78, 5) is 25.6. The van der Waals surface area contributed by atoms with E-state index in [2.05, 4.69) is 25.3 Å². The minimum Gasteiger partial charge on any atom is -0.357 e. The lowest BCUT2D eigenvalue weighted by Crippen LogP contribution is -2.34. The zero-order valence-electron chi connectivity index (χ0n) is 15.1. The summed E-state index contributed by atoms with van der Waals surface area (Å²) >= 11 is 0. The van der Waals surface area contributed by atoms with Crippen LogP contribution < -0.4 is 15.1 Å². The van der Waals surface area contributed by atoms with Gasteiger partial charge in [0.05, 0.1) is 12.1 Å². The summed E-state index contributed by atoms with van der Waals surface area (Å²) in [5.41, 5.74) is 2.59. The van der Waals surface area contributed by atoms with Gasteiger partial charge in [0.25, 0.3) is 5.91 Å². The van der Waals surface area contributed by atoms with E-state index < -0.39 is 0 Å². The van der Waals surface area contributed by atoms with Crippen molar-refractivity contribution in [3.05, 3.63) is 41.5 Å². The van der Waals surface area contributed by atoms with E-state index in [9.17, 15) is 4.79 Å². The van der Waals surface area contributed by atoms with Crippen LogP contribution in [0.15, 0.2) is 35.9 Å². The number of aromatic nitrogens is 4. The van der Waals surface area contributed by atoms with Gasteiger partial charge in [-0.2, -0.15) is 10.1 Å². The number of pyridine rings is 1. The number of hydrogen-bond acceptors (Lipinski definition) is 6. The predicted molar refractivity (Wildman–Crippen MR) is 98.7 cm³/mol. The summed E-state index contributed by atoms with van der Waals surface area (Å²) in [5.74, 6) is 1.68. The standard InChI is InChI=1S/C18H23N7O/c1-13-15(11-25-18(23(13)2)21-12-22-25)17(26)20-10-14-5-6-16(19-9-14)24-7-3-4-8-24/h5-6,9,12H,3-4,7-8,10-11H2,1-2H3,(H,20,26). The van der Waals surface area contributed by atoms with Crippen molar-refractivity contribution < 1.29 is 4.79 Å². The molecular weight excluding hydrogens is 330 g/mol. The summed E-state index contributed by atoms with van der Waals surface area (Å²) in [7, 11) is 1.89. The Morgan fingerprint density at radius 1 is 1.23 bits per heavy atom. The number of anilines is 2. The van der Waals surface area contributed by atoms with Crippen LogP contribution in [0.3, 0.4) is 0 Å². The maximum absolute atomic E-state index is 12.6. The second kappa shape index (κ2) is 6.78. The highest BCUT2D eigenvalue weighted by Crippen LogP contribution is 2.24. The number of carbonyl (C=O) groups is 1. The van der Waals surface area contributed by atoms with Gasteiger partial charge < -0.3 is 15.1 Å². The van der Waals surface area contributed by atoms with E-state index in [1.165, 1.54) is 19.2 Å².